The number of esters is 1. The third kappa shape index (κ3) is 25.7. The molecule has 0 fully saturated rings. The summed E-state index contributed by atoms with van der Waals surface area (Å²) in [5, 5.41) is 13.3. The Bertz CT molecular complexity index is 2240. The van der Waals surface area contributed by atoms with Gasteiger partial charge in [-0.15, -0.1) is 0 Å². The predicted molar refractivity (Wildman–Crippen MR) is 322 cm³/mol. The Balaban J connectivity index is 6.38. The molecule has 84 heavy (non-hydrogen) atoms. The third-order valence-electron chi connectivity index (χ3n) is 14.6. The van der Waals surface area contributed by atoms with Crippen molar-refractivity contribution in [1.29, 1.82) is 0 Å². The molecule has 0 saturated carbocycles. The second-order valence-corrected chi connectivity index (χ2v) is 23.8. The first-order chi connectivity index (χ1) is 39.0. The number of hydrogen-bond donors (Lipinski definition) is 5. The number of carbonyl (C=O) groups excluding carboxylic acids is 12. The molecule has 5 N–H and O–H groups in total. The summed E-state index contributed by atoms with van der Waals surface area (Å²) >= 11 is 0. The van der Waals surface area contributed by atoms with Gasteiger partial charge in [-0.05, 0) is 102 Å². The van der Waals surface area contributed by atoms with Crippen LogP contribution in [0.2, 0.25) is 0 Å². The average Bonchev–Trinajstić information content (AvgIpc) is 3.44. The highest BCUT2D eigenvalue weighted by molar-refractivity contribution is 6.00. The van der Waals surface area contributed by atoms with Gasteiger partial charge in [0.15, 0.2) is 0 Å². The van der Waals surface area contributed by atoms with Gasteiger partial charge in [0.2, 0.25) is 53.2 Å². The number of allylic oxidation sites excluding steroid dienone is 2. The number of nitrogens with zero attached hydrogens (tertiary/aromatic N) is 6. The molecule has 24 heteroatoms. The first-order valence-electron chi connectivity index (χ1n) is 29.9. The lowest BCUT2D eigenvalue weighted by Crippen LogP contribution is -2.60. The van der Waals surface area contributed by atoms with Crippen molar-refractivity contribution in [2.45, 2.75) is 209 Å². The summed E-state index contributed by atoms with van der Waals surface area (Å²) in [7, 11) is 9.93. The molecule has 12 amide bonds. The molecule has 0 rings (SSSR count). The first-order valence-corrected chi connectivity index (χ1v) is 29.9. The Morgan fingerprint density at radius 3 is 1.46 bits per heavy atom. The molecule has 24 nitrogen and oxygen atoms in total. The van der Waals surface area contributed by atoms with Crippen molar-refractivity contribution < 1.29 is 62.3 Å². The number of urea groups is 1. The molecular weight excluding hydrogens is 1080 g/mol. The van der Waals surface area contributed by atoms with E-state index in [4.69, 9.17) is 4.74 Å². The summed E-state index contributed by atoms with van der Waals surface area (Å²) < 4.78 is 4.98. The van der Waals surface area contributed by atoms with Crippen molar-refractivity contribution >= 4 is 71.1 Å². The lowest BCUT2D eigenvalue weighted by atomic mass is 9.96. The van der Waals surface area contributed by atoms with Crippen LogP contribution >= 0.6 is 0 Å². The fraction of sp³-hybridized carbons (Fsp3) is 0.767. The Morgan fingerprint density at radius 2 is 0.964 bits per heavy atom. The van der Waals surface area contributed by atoms with Gasteiger partial charge in [-0.2, -0.15) is 0 Å². The van der Waals surface area contributed by atoms with E-state index in [0.29, 0.717) is 25.9 Å². The minimum absolute atomic E-state index is 0.0391. The van der Waals surface area contributed by atoms with Crippen LogP contribution < -0.4 is 26.6 Å². The van der Waals surface area contributed by atoms with Gasteiger partial charge in [-0.1, -0.05) is 88.3 Å². The first kappa shape index (κ1) is 77.4. The fourth-order valence-electron chi connectivity index (χ4n) is 9.31. The number of ether oxygens (including phenoxy) is 1. The van der Waals surface area contributed by atoms with Crippen LogP contribution in [-0.2, 0) is 57.5 Å². The summed E-state index contributed by atoms with van der Waals surface area (Å²) in [6.45, 7) is 24.6. The molecule has 0 radical (unpaired) electrons. The second-order valence-electron chi connectivity index (χ2n) is 23.8. The van der Waals surface area contributed by atoms with Crippen molar-refractivity contribution in [3.63, 3.8) is 0 Å². The standard InChI is InChI=1S/C60H107N11O13/c1-22-28-48(72)67(17)46(34-40(12)29-26-25-27-30-50(74)84-24-3)54(77)64-43(23-2)57(80)66(16)35-49(73)68(18)44(31-36(4)5)55(78)65-51(39(10)11)59(82)69(19)45(32-37(6)7)53(76)62-41(13)52(75)63-42(14)56(79)70(20)47(33-38(8)9)58(81)71(21)60(83)61-15/h25-26,36-47,51H,22-24,27-35H2,1-21H3,(H,61,83)(H,62,76)(H,63,75)(H,64,77)(H,65,78)/b26-25+/t40-,41-,42+,43+,44+,45+,46?,47+,51+/m1/s1. The molecule has 0 aliphatic heterocycles. The molecule has 9 atom stereocenters. The van der Waals surface area contributed by atoms with Gasteiger partial charge in [0.1, 0.15) is 48.3 Å². The zero-order chi connectivity index (χ0) is 65.0. The van der Waals surface area contributed by atoms with Crippen molar-refractivity contribution in [2.24, 2.45) is 29.6 Å². The highest BCUT2D eigenvalue weighted by Gasteiger charge is 2.40. The van der Waals surface area contributed by atoms with Gasteiger partial charge in [0.25, 0.3) is 5.91 Å². The molecule has 0 spiro atoms. The van der Waals surface area contributed by atoms with Crippen LogP contribution in [-0.4, -0.2) is 211 Å². The SMILES string of the molecule is CCCC(=O)N(C)C(C[C@H](C)C/C=C/CCC(=O)OCC)C(=O)N[C@@H](CC)C(=O)N(C)CC(=O)N(C)[C@@H](CC(C)C)C(=O)N[C@H](C(=O)N(C)[C@@H](CC(C)C)C(=O)N[C@H](C)C(=O)N[C@@H](C)C(=O)N(C)[C@@H](CC(C)C)C(=O)N(C)C(=O)NC)C(C)C. The van der Waals surface area contributed by atoms with E-state index < -0.39 is 120 Å². The minimum atomic E-state index is -1.20. The Hall–Kier alpha value is -6.62. The lowest BCUT2D eigenvalue weighted by Gasteiger charge is -2.36. The van der Waals surface area contributed by atoms with E-state index in [1.165, 1.54) is 80.6 Å². The van der Waals surface area contributed by atoms with Gasteiger partial charge in [-0.3, -0.25) is 57.6 Å². The third-order valence-corrected chi connectivity index (χ3v) is 14.6. The maximum Gasteiger partial charge on any atom is 0.323 e. The average molecular weight is 1190 g/mol. The number of imide groups is 1. The van der Waals surface area contributed by atoms with E-state index in [-0.39, 0.29) is 80.5 Å². The smallest absolute Gasteiger partial charge is 0.323 e. The number of nitrogens with one attached hydrogen (secondary N) is 5. The Labute approximate surface area is 501 Å². The number of carbonyl (C=O) groups is 12. The van der Waals surface area contributed by atoms with Crippen molar-refractivity contribution in [3.8, 4) is 0 Å². The highest BCUT2D eigenvalue weighted by Crippen LogP contribution is 2.21. The molecule has 0 aliphatic carbocycles. The van der Waals surface area contributed by atoms with E-state index in [9.17, 15) is 57.5 Å². The van der Waals surface area contributed by atoms with Gasteiger partial charge < -0.3 is 55.8 Å². The molecule has 480 valence electrons. The van der Waals surface area contributed by atoms with E-state index >= 15 is 0 Å². The second kappa shape index (κ2) is 38.4. The number of rotatable bonds is 36. The number of amides is 12. The fourth-order valence-corrected chi connectivity index (χ4v) is 9.31. The maximum absolute atomic E-state index is 14.5. The highest BCUT2D eigenvalue weighted by atomic mass is 16.5. The molecule has 0 bridgehead atoms. The van der Waals surface area contributed by atoms with E-state index in [1.807, 2.05) is 67.5 Å². The maximum atomic E-state index is 14.5. The van der Waals surface area contributed by atoms with Crippen LogP contribution in [0.25, 0.3) is 0 Å². The normalized spacial score (nSPS) is 14.6. The zero-order valence-corrected chi connectivity index (χ0v) is 54.6. The van der Waals surface area contributed by atoms with Gasteiger partial charge >= 0.3 is 12.0 Å². The molecule has 0 aromatic rings. The van der Waals surface area contributed by atoms with E-state index in [2.05, 4.69) is 26.6 Å². The lowest BCUT2D eigenvalue weighted by molar-refractivity contribution is -0.147. The minimum Gasteiger partial charge on any atom is -0.466 e. The van der Waals surface area contributed by atoms with Crippen molar-refractivity contribution in [1.82, 2.24) is 56.0 Å². The molecule has 0 saturated heterocycles. The monoisotopic (exact) mass is 1190 g/mol. The summed E-state index contributed by atoms with van der Waals surface area (Å²) in [6, 6.07) is -9.42. The summed E-state index contributed by atoms with van der Waals surface area (Å²) in [5.41, 5.74) is 0. The molecule has 1 unspecified atom stereocenters. The summed E-state index contributed by atoms with van der Waals surface area (Å²) in [5.74, 6) is -6.96. The zero-order valence-electron chi connectivity index (χ0n) is 54.6. The van der Waals surface area contributed by atoms with Crippen molar-refractivity contribution in [3.05, 3.63) is 12.2 Å². The Kier molecular flexibility index (Phi) is 35.3. The molecular formula is C60H107N11O13. The van der Waals surface area contributed by atoms with Crippen molar-refractivity contribution in [2.75, 3.05) is 62.5 Å². The number of hydrogen-bond acceptors (Lipinski definition) is 13. The van der Waals surface area contributed by atoms with Gasteiger partial charge in [-0.25, -0.2) is 4.79 Å². The van der Waals surface area contributed by atoms with E-state index in [0.717, 1.165) is 4.90 Å². The van der Waals surface area contributed by atoms with Gasteiger partial charge in [0.05, 0.1) is 13.2 Å². The van der Waals surface area contributed by atoms with Crippen LogP contribution in [0.1, 0.15) is 161 Å². The van der Waals surface area contributed by atoms with Crippen LogP contribution in [0.15, 0.2) is 12.2 Å². The van der Waals surface area contributed by atoms with Gasteiger partial charge in [0, 0.05) is 62.2 Å². The topological polar surface area (TPSA) is 294 Å². The summed E-state index contributed by atoms with van der Waals surface area (Å²) in [4.78, 5) is 170. The summed E-state index contributed by atoms with van der Waals surface area (Å²) in [6.07, 6.45) is 6.93. The van der Waals surface area contributed by atoms with Crippen LogP contribution in [0.4, 0.5) is 4.79 Å². The molecule has 0 heterocycles. The quantitative estimate of drug-likeness (QED) is 0.0441. The largest absolute Gasteiger partial charge is 0.466 e. The predicted octanol–water partition coefficient (Wildman–Crippen LogP) is 3.85. The van der Waals surface area contributed by atoms with Crippen LogP contribution in [0, 0.1) is 29.6 Å². The number of likely N-dealkylation sites (N-methyl/N-ethyl adjacent to an activating group) is 6. The molecule has 0 aromatic heterocycles. The van der Waals surface area contributed by atoms with Crippen LogP contribution in [0.5, 0.6) is 0 Å². The van der Waals surface area contributed by atoms with Crippen LogP contribution in [0.3, 0.4) is 0 Å². The Morgan fingerprint density at radius 1 is 0.488 bits per heavy atom. The molecule has 0 aromatic carbocycles. The van der Waals surface area contributed by atoms with E-state index in [1.54, 1.807) is 34.7 Å². The molecule has 0 aliphatic rings.